The van der Waals surface area contributed by atoms with Crippen LogP contribution in [0.5, 0.6) is 0 Å². The highest BCUT2D eigenvalue weighted by atomic mass is 35.5. The van der Waals surface area contributed by atoms with Crippen molar-refractivity contribution >= 4 is 27.5 Å². The van der Waals surface area contributed by atoms with Gasteiger partial charge in [0.2, 0.25) is 0 Å². The zero-order valence-electron chi connectivity index (χ0n) is 6.57. The average molecular weight is 219 g/mol. The van der Waals surface area contributed by atoms with Crippen molar-refractivity contribution in [1.82, 2.24) is 0 Å². The van der Waals surface area contributed by atoms with E-state index < -0.39 is 15.9 Å². The molecule has 5 heteroatoms. The SMILES string of the molecule is O=C(Cl)c1cccc(C[SH](=O)=O)c1. The van der Waals surface area contributed by atoms with Crippen molar-refractivity contribution in [1.29, 1.82) is 0 Å². The van der Waals surface area contributed by atoms with Crippen LogP contribution >= 0.6 is 11.6 Å². The van der Waals surface area contributed by atoms with E-state index in [9.17, 15) is 13.2 Å². The molecule has 0 bridgehead atoms. The van der Waals surface area contributed by atoms with Crippen LogP contribution in [0.2, 0.25) is 0 Å². The Morgan fingerprint density at radius 2 is 2.08 bits per heavy atom. The first kappa shape index (κ1) is 10.2. The van der Waals surface area contributed by atoms with Gasteiger partial charge in [0.25, 0.3) is 5.24 Å². The highest BCUT2D eigenvalue weighted by Crippen LogP contribution is 2.08. The van der Waals surface area contributed by atoms with Crippen LogP contribution in [-0.4, -0.2) is 13.7 Å². The number of carbonyl (C=O) groups is 1. The predicted molar refractivity (Wildman–Crippen MR) is 50.6 cm³/mol. The van der Waals surface area contributed by atoms with Gasteiger partial charge in [-0.2, -0.15) is 0 Å². The number of benzene rings is 1. The van der Waals surface area contributed by atoms with Crippen molar-refractivity contribution in [3.05, 3.63) is 35.4 Å². The molecule has 13 heavy (non-hydrogen) atoms. The summed E-state index contributed by atoms with van der Waals surface area (Å²) < 4.78 is 20.7. The quantitative estimate of drug-likeness (QED) is 0.612. The average Bonchev–Trinajstić information content (AvgIpc) is 2.03. The summed E-state index contributed by atoms with van der Waals surface area (Å²) in [5, 5.41) is -0.581. The van der Waals surface area contributed by atoms with Gasteiger partial charge in [-0.15, -0.1) is 0 Å². The number of rotatable bonds is 3. The second-order valence-electron chi connectivity index (χ2n) is 2.46. The molecule has 1 rings (SSSR count). The van der Waals surface area contributed by atoms with Crippen LogP contribution in [-0.2, 0) is 16.5 Å². The fourth-order valence-electron chi connectivity index (χ4n) is 0.941. The first-order valence-corrected chi connectivity index (χ1v) is 5.24. The van der Waals surface area contributed by atoms with Crippen molar-refractivity contribution < 1.29 is 13.2 Å². The lowest BCUT2D eigenvalue weighted by Gasteiger charge is -1.96. The molecule has 0 amide bonds. The third-order valence-electron chi connectivity index (χ3n) is 1.47. The Hall–Kier alpha value is -0.870. The number of hydrogen-bond donors (Lipinski definition) is 1. The Morgan fingerprint density at radius 1 is 1.38 bits per heavy atom. The zero-order valence-corrected chi connectivity index (χ0v) is 8.22. The van der Waals surface area contributed by atoms with Crippen LogP contribution in [0.1, 0.15) is 15.9 Å². The fraction of sp³-hybridized carbons (Fsp3) is 0.125. The molecule has 0 heterocycles. The first-order chi connectivity index (χ1) is 6.09. The monoisotopic (exact) mass is 218 g/mol. The van der Waals surface area contributed by atoms with E-state index in [1.54, 1.807) is 12.1 Å². The summed E-state index contributed by atoms with van der Waals surface area (Å²) in [4.78, 5) is 10.7. The van der Waals surface area contributed by atoms with Gasteiger partial charge in [0.1, 0.15) is 10.7 Å². The lowest BCUT2D eigenvalue weighted by atomic mass is 10.2. The van der Waals surface area contributed by atoms with E-state index in [1.165, 1.54) is 12.1 Å². The summed E-state index contributed by atoms with van der Waals surface area (Å²) in [6, 6.07) is 6.25. The van der Waals surface area contributed by atoms with E-state index in [1.807, 2.05) is 0 Å². The van der Waals surface area contributed by atoms with E-state index in [0.717, 1.165) is 0 Å². The van der Waals surface area contributed by atoms with E-state index in [4.69, 9.17) is 11.6 Å². The molecule has 3 nitrogen and oxygen atoms in total. The lowest BCUT2D eigenvalue weighted by Crippen LogP contribution is -1.92. The normalized spacial score (nSPS) is 10.3. The lowest BCUT2D eigenvalue weighted by molar-refractivity contribution is 0.108. The molecule has 0 fully saturated rings. The second-order valence-corrected chi connectivity index (χ2v) is 3.79. The molecule has 0 saturated carbocycles. The third-order valence-corrected chi connectivity index (χ3v) is 2.31. The molecule has 0 radical (unpaired) electrons. The molecule has 0 saturated heterocycles. The summed E-state index contributed by atoms with van der Waals surface area (Å²) in [7, 11) is -2.46. The standard InChI is InChI=1S/C8H7ClO3S/c9-8(10)7-3-1-2-6(4-7)5-13(11)12/h1-4,13H,5H2. The highest BCUT2D eigenvalue weighted by molar-refractivity contribution is 7.71. The Morgan fingerprint density at radius 3 is 2.62 bits per heavy atom. The van der Waals surface area contributed by atoms with Crippen molar-refractivity contribution in [3.8, 4) is 0 Å². The van der Waals surface area contributed by atoms with Crippen molar-refractivity contribution in [2.45, 2.75) is 5.75 Å². The van der Waals surface area contributed by atoms with E-state index in [-0.39, 0.29) is 5.75 Å². The second kappa shape index (κ2) is 4.39. The topological polar surface area (TPSA) is 51.2 Å². The van der Waals surface area contributed by atoms with E-state index in [2.05, 4.69) is 0 Å². The smallest absolute Gasteiger partial charge is 0.252 e. The summed E-state index contributed by atoms with van der Waals surface area (Å²) >= 11 is 5.22. The zero-order chi connectivity index (χ0) is 9.84. The van der Waals surface area contributed by atoms with Gasteiger partial charge in [0.15, 0.2) is 0 Å². The minimum atomic E-state index is -2.46. The molecular formula is C8H7ClO3S. The van der Waals surface area contributed by atoms with Crippen molar-refractivity contribution in [3.63, 3.8) is 0 Å². The summed E-state index contributed by atoms with van der Waals surface area (Å²) in [5.41, 5.74) is 0.888. The predicted octanol–water partition coefficient (Wildman–Crippen LogP) is 1.18. The van der Waals surface area contributed by atoms with E-state index in [0.29, 0.717) is 11.1 Å². The van der Waals surface area contributed by atoms with Gasteiger partial charge < -0.3 is 0 Å². The summed E-state index contributed by atoms with van der Waals surface area (Å²) in [6.45, 7) is 0. The van der Waals surface area contributed by atoms with Gasteiger partial charge in [0.05, 0.1) is 5.75 Å². The van der Waals surface area contributed by atoms with Crippen LogP contribution in [0.15, 0.2) is 24.3 Å². The van der Waals surface area contributed by atoms with Crippen molar-refractivity contribution in [2.24, 2.45) is 0 Å². The van der Waals surface area contributed by atoms with Gasteiger partial charge in [-0.25, -0.2) is 8.42 Å². The molecule has 70 valence electrons. The fourth-order valence-corrected chi connectivity index (χ4v) is 1.55. The molecular weight excluding hydrogens is 212 g/mol. The Labute approximate surface area is 82.3 Å². The first-order valence-electron chi connectivity index (χ1n) is 3.50. The number of carbonyl (C=O) groups excluding carboxylic acids is 1. The molecule has 0 N–H and O–H groups in total. The number of halogens is 1. The van der Waals surface area contributed by atoms with Crippen molar-refractivity contribution in [2.75, 3.05) is 0 Å². The van der Waals surface area contributed by atoms with Gasteiger partial charge >= 0.3 is 0 Å². The van der Waals surface area contributed by atoms with E-state index >= 15 is 0 Å². The maximum Gasteiger partial charge on any atom is 0.252 e. The Kier molecular flexibility index (Phi) is 3.45. The Balaban J connectivity index is 2.98. The van der Waals surface area contributed by atoms with Crippen LogP contribution in [0.25, 0.3) is 0 Å². The minimum Gasteiger partial charge on any atom is -0.276 e. The molecule has 0 unspecified atom stereocenters. The Bertz CT molecular complexity index is 390. The summed E-state index contributed by atoms with van der Waals surface area (Å²) in [6.07, 6.45) is 0. The molecule has 0 aliphatic rings. The maximum atomic E-state index is 10.7. The number of hydrogen-bond acceptors (Lipinski definition) is 3. The van der Waals surface area contributed by atoms with Gasteiger partial charge in [-0.1, -0.05) is 18.2 Å². The summed E-state index contributed by atoms with van der Waals surface area (Å²) in [5.74, 6) is -0.0622. The molecule has 0 aliphatic carbocycles. The third kappa shape index (κ3) is 3.16. The van der Waals surface area contributed by atoms with Crippen LogP contribution < -0.4 is 0 Å². The largest absolute Gasteiger partial charge is 0.276 e. The van der Waals surface area contributed by atoms with Gasteiger partial charge in [0, 0.05) is 5.56 Å². The van der Waals surface area contributed by atoms with Crippen LogP contribution in [0.4, 0.5) is 0 Å². The van der Waals surface area contributed by atoms with Gasteiger partial charge in [-0.05, 0) is 23.2 Å². The number of thiol groups is 1. The van der Waals surface area contributed by atoms with Crippen LogP contribution in [0, 0.1) is 0 Å². The molecule has 0 aromatic heterocycles. The molecule has 0 atom stereocenters. The molecule has 1 aromatic rings. The van der Waals surface area contributed by atoms with Gasteiger partial charge in [-0.3, -0.25) is 4.79 Å². The molecule has 1 aromatic carbocycles. The maximum absolute atomic E-state index is 10.7. The molecule has 0 aliphatic heterocycles. The minimum absolute atomic E-state index is 0.0622. The molecule has 0 spiro atoms. The highest BCUT2D eigenvalue weighted by Gasteiger charge is 2.02. The van der Waals surface area contributed by atoms with Crippen LogP contribution in [0.3, 0.4) is 0 Å².